The molecule has 316 valence electrons. The molecule has 2 atom stereocenters. The second kappa shape index (κ2) is 37.9. The van der Waals surface area contributed by atoms with Gasteiger partial charge in [-0.1, -0.05) is 132 Å². The van der Waals surface area contributed by atoms with Gasteiger partial charge in [-0.3, -0.25) is 9.59 Å². The largest absolute Gasteiger partial charge is 0.544 e. The maximum atomic E-state index is 12.7. The molecule has 0 aliphatic rings. The van der Waals surface area contributed by atoms with Gasteiger partial charge in [-0.25, -0.2) is 0 Å². The quantitative estimate of drug-likeness (QED) is 0.0266. The minimum Gasteiger partial charge on any atom is -0.544 e. The van der Waals surface area contributed by atoms with Crippen molar-refractivity contribution in [2.24, 2.45) is 0 Å². The summed E-state index contributed by atoms with van der Waals surface area (Å²) in [5, 5.41) is 11.6. The van der Waals surface area contributed by atoms with E-state index in [2.05, 4.69) is 74.6 Å². The molecule has 0 heterocycles. The summed E-state index contributed by atoms with van der Waals surface area (Å²) in [4.78, 5) is 36.8. The van der Waals surface area contributed by atoms with Gasteiger partial charge in [0.05, 0.1) is 40.3 Å². The van der Waals surface area contributed by atoms with Crippen molar-refractivity contribution in [3.63, 3.8) is 0 Å². The first-order valence-electron chi connectivity index (χ1n) is 21.8. The number of hydrogen-bond acceptors (Lipinski definition) is 7. The van der Waals surface area contributed by atoms with Gasteiger partial charge in [-0.05, 0) is 77.0 Å². The van der Waals surface area contributed by atoms with E-state index in [1.54, 1.807) is 21.1 Å². The molecule has 0 rings (SSSR count). The molecule has 0 aromatic heterocycles. The lowest BCUT2D eigenvalue weighted by atomic mass is 10.1. The van der Waals surface area contributed by atoms with Crippen LogP contribution < -0.4 is 5.11 Å². The van der Waals surface area contributed by atoms with Gasteiger partial charge in [-0.2, -0.15) is 0 Å². The van der Waals surface area contributed by atoms with Gasteiger partial charge in [0.2, 0.25) is 0 Å². The lowest BCUT2D eigenvalue weighted by molar-refractivity contribution is -0.889. The zero-order valence-electron chi connectivity index (χ0n) is 35.8. The Morgan fingerprint density at radius 1 is 0.564 bits per heavy atom. The van der Waals surface area contributed by atoms with Crippen LogP contribution in [0.15, 0.2) is 60.8 Å². The predicted octanol–water partition coefficient (Wildman–Crippen LogP) is 10.5. The average Bonchev–Trinajstić information content (AvgIpc) is 3.14. The van der Waals surface area contributed by atoms with Crippen LogP contribution in [-0.4, -0.2) is 75.5 Å². The number of esters is 2. The van der Waals surface area contributed by atoms with Gasteiger partial charge >= 0.3 is 11.9 Å². The van der Waals surface area contributed by atoms with E-state index in [0.29, 0.717) is 12.8 Å². The minimum absolute atomic E-state index is 0.0306. The molecule has 0 radical (unpaired) electrons. The van der Waals surface area contributed by atoms with Crippen LogP contribution in [0.4, 0.5) is 0 Å². The second-order valence-electron chi connectivity index (χ2n) is 15.5. The molecule has 8 nitrogen and oxygen atoms in total. The van der Waals surface area contributed by atoms with E-state index in [0.717, 1.165) is 89.9 Å². The zero-order valence-corrected chi connectivity index (χ0v) is 35.8. The number of quaternary nitrogens is 1. The van der Waals surface area contributed by atoms with Gasteiger partial charge in [0.25, 0.3) is 0 Å². The summed E-state index contributed by atoms with van der Waals surface area (Å²) in [6, 6.07) is -0.730. The number of rotatable bonds is 38. The van der Waals surface area contributed by atoms with Gasteiger partial charge in [-0.15, -0.1) is 0 Å². The van der Waals surface area contributed by atoms with E-state index in [1.807, 2.05) is 0 Å². The van der Waals surface area contributed by atoms with Crippen molar-refractivity contribution < 1.29 is 38.2 Å². The van der Waals surface area contributed by atoms with Crippen molar-refractivity contribution in [2.75, 3.05) is 41.0 Å². The molecule has 55 heavy (non-hydrogen) atoms. The molecule has 0 saturated carbocycles. The lowest BCUT2D eigenvalue weighted by Gasteiger charge is -2.34. The van der Waals surface area contributed by atoms with Crippen LogP contribution in [0.3, 0.4) is 0 Å². The Hall–Kier alpha value is -2.97. The highest BCUT2D eigenvalue weighted by atomic mass is 16.6. The Morgan fingerprint density at radius 3 is 1.53 bits per heavy atom. The van der Waals surface area contributed by atoms with Gasteiger partial charge < -0.3 is 28.6 Å². The van der Waals surface area contributed by atoms with Crippen LogP contribution in [0.25, 0.3) is 0 Å². The molecule has 0 saturated heterocycles. The molecule has 0 aromatic carbocycles. The fraction of sp³-hybridized carbons (Fsp3) is 0.723. The predicted molar refractivity (Wildman–Crippen MR) is 226 cm³/mol. The molecule has 0 N–H and O–H groups in total. The Labute approximate surface area is 337 Å². The van der Waals surface area contributed by atoms with Gasteiger partial charge in [0, 0.05) is 19.3 Å². The molecule has 0 fully saturated rings. The molecular formula is C47H81NO7. The summed E-state index contributed by atoms with van der Waals surface area (Å²) in [5.41, 5.74) is 0. The molecule has 0 spiro atoms. The smallest absolute Gasteiger partial charge is 0.306 e. The van der Waals surface area contributed by atoms with E-state index in [4.69, 9.17) is 14.2 Å². The number of unbranched alkanes of at least 4 members (excludes halogenated alkanes) is 14. The minimum atomic E-state index is -1.13. The van der Waals surface area contributed by atoms with E-state index in [-0.39, 0.29) is 42.7 Å². The first-order valence-corrected chi connectivity index (χ1v) is 21.8. The first-order chi connectivity index (χ1) is 26.6. The monoisotopic (exact) mass is 772 g/mol. The number of ether oxygens (including phenoxy) is 3. The number of carbonyl (C=O) groups excluding carboxylic acids is 3. The molecular weight excluding hydrogens is 691 g/mol. The van der Waals surface area contributed by atoms with E-state index in [1.165, 1.54) is 44.9 Å². The van der Waals surface area contributed by atoms with Crippen LogP contribution in [0.1, 0.15) is 168 Å². The molecule has 0 aliphatic heterocycles. The Kier molecular flexibility index (Phi) is 35.9. The fourth-order valence-corrected chi connectivity index (χ4v) is 6.00. The van der Waals surface area contributed by atoms with E-state index >= 15 is 0 Å². The van der Waals surface area contributed by atoms with Gasteiger partial charge in [0.1, 0.15) is 12.6 Å². The number of aliphatic carboxylic acids is 1. The van der Waals surface area contributed by atoms with Crippen LogP contribution in [0, 0.1) is 0 Å². The molecule has 0 aromatic rings. The van der Waals surface area contributed by atoms with Crippen molar-refractivity contribution in [1.82, 2.24) is 0 Å². The van der Waals surface area contributed by atoms with Crippen molar-refractivity contribution in [3.05, 3.63) is 60.8 Å². The number of carbonyl (C=O) groups is 3. The standard InChI is InChI=1S/C47H81NO7/c1-6-8-10-12-14-16-18-20-21-22-23-24-25-26-28-29-31-33-35-37-45(49)54-42-43(41-53-40-39-44(47(51)52)48(3,4)5)55-46(50)38-36-34-32-30-27-19-17-15-13-11-9-7-2/h8,10,14-17,20-21,23-24,43-44H,6-7,9,11-13,18-19,22,25-42H2,1-5H3/b10-8+,16-14+,17-15+,21-20+,24-23+. The van der Waals surface area contributed by atoms with Crippen molar-refractivity contribution in [1.29, 1.82) is 0 Å². The van der Waals surface area contributed by atoms with E-state index in [9.17, 15) is 19.5 Å². The Bertz CT molecular complexity index is 1090. The molecule has 0 amide bonds. The van der Waals surface area contributed by atoms with Crippen LogP contribution >= 0.6 is 0 Å². The van der Waals surface area contributed by atoms with Crippen LogP contribution in [-0.2, 0) is 28.6 Å². The SMILES string of the molecule is CC/C=C/C/C=C/C/C=C/C/C=C/CCCCCCCCC(=O)OCC(COCCC(C(=O)[O-])[N+](C)(C)C)OC(=O)CCCCCCC/C=C/CCCCC. The fourth-order valence-electron chi connectivity index (χ4n) is 6.00. The first kappa shape index (κ1) is 52.0. The molecule has 2 unspecified atom stereocenters. The average molecular weight is 772 g/mol. The number of allylic oxidation sites excluding steroid dienone is 10. The third-order valence-corrected chi connectivity index (χ3v) is 9.39. The zero-order chi connectivity index (χ0) is 40.7. The summed E-state index contributed by atoms with van der Waals surface area (Å²) >= 11 is 0. The van der Waals surface area contributed by atoms with Crippen LogP contribution in [0.5, 0.6) is 0 Å². The van der Waals surface area contributed by atoms with Crippen molar-refractivity contribution >= 4 is 17.9 Å². The summed E-state index contributed by atoms with van der Waals surface area (Å²) in [6.07, 6.45) is 45.3. The van der Waals surface area contributed by atoms with Crippen molar-refractivity contribution in [3.8, 4) is 0 Å². The Balaban J connectivity index is 4.36. The lowest BCUT2D eigenvalue weighted by Crippen LogP contribution is -2.55. The van der Waals surface area contributed by atoms with E-state index < -0.39 is 18.1 Å². The summed E-state index contributed by atoms with van der Waals surface area (Å²) in [7, 11) is 5.39. The highest BCUT2D eigenvalue weighted by Crippen LogP contribution is 2.13. The molecule has 0 aliphatic carbocycles. The summed E-state index contributed by atoms with van der Waals surface area (Å²) < 4.78 is 17.1. The van der Waals surface area contributed by atoms with Gasteiger partial charge in [0.15, 0.2) is 6.10 Å². The Morgan fingerprint density at radius 2 is 1.02 bits per heavy atom. The van der Waals surface area contributed by atoms with Crippen molar-refractivity contribution in [2.45, 2.75) is 180 Å². The number of nitrogens with zero attached hydrogens (tertiary/aromatic N) is 1. The highest BCUT2D eigenvalue weighted by Gasteiger charge is 2.25. The summed E-state index contributed by atoms with van der Waals surface area (Å²) in [6.45, 7) is 4.49. The molecule has 0 bridgehead atoms. The number of hydrogen-bond donors (Lipinski definition) is 0. The summed E-state index contributed by atoms with van der Waals surface area (Å²) in [5.74, 6) is -1.77. The third-order valence-electron chi connectivity index (χ3n) is 9.39. The number of carboxylic acid groups (broad SMARTS) is 1. The topological polar surface area (TPSA) is 102 Å². The number of carboxylic acids is 1. The second-order valence-corrected chi connectivity index (χ2v) is 15.5. The highest BCUT2D eigenvalue weighted by molar-refractivity contribution is 5.70. The maximum absolute atomic E-state index is 12.7. The third kappa shape index (κ3) is 36.4. The maximum Gasteiger partial charge on any atom is 0.306 e. The normalized spacial score (nSPS) is 13.5. The van der Waals surface area contributed by atoms with Crippen LogP contribution in [0.2, 0.25) is 0 Å². The number of likely N-dealkylation sites (N-methyl/N-ethyl adjacent to an activating group) is 1. The molecule has 8 heteroatoms.